The van der Waals surface area contributed by atoms with Gasteiger partial charge in [-0.2, -0.15) is 5.10 Å². The lowest BCUT2D eigenvalue weighted by Gasteiger charge is -2.32. The maximum absolute atomic E-state index is 12.9. The van der Waals surface area contributed by atoms with Gasteiger partial charge in [0.15, 0.2) is 0 Å². The van der Waals surface area contributed by atoms with Crippen LogP contribution in [0.5, 0.6) is 0 Å². The van der Waals surface area contributed by atoms with Gasteiger partial charge in [0.25, 0.3) is 5.91 Å². The topological polar surface area (TPSA) is 61.9 Å². The zero-order chi connectivity index (χ0) is 16.4. The number of fused-ring (bicyclic) bond motifs is 1. The number of aromatic amines is 1. The van der Waals surface area contributed by atoms with Gasteiger partial charge in [-0.15, -0.1) is 0 Å². The molecule has 24 heavy (non-hydrogen) atoms. The number of carbonyl (C=O) groups is 1. The fourth-order valence-electron chi connectivity index (χ4n) is 3.52. The zero-order valence-corrected chi connectivity index (χ0v) is 13.5. The highest BCUT2D eigenvalue weighted by Gasteiger charge is 2.25. The van der Waals surface area contributed by atoms with Crippen molar-refractivity contribution in [2.45, 2.75) is 19.3 Å². The molecule has 1 N–H and O–H groups in total. The van der Waals surface area contributed by atoms with Gasteiger partial charge in [0.1, 0.15) is 0 Å². The van der Waals surface area contributed by atoms with E-state index in [1.165, 1.54) is 0 Å². The van der Waals surface area contributed by atoms with Crippen molar-refractivity contribution < 1.29 is 4.79 Å². The van der Waals surface area contributed by atoms with Crippen LogP contribution in [0.25, 0.3) is 10.9 Å². The number of nitrogens with one attached hydrogen (secondary N) is 1. The van der Waals surface area contributed by atoms with Gasteiger partial charge in [-0.3, -0.25) is 14.9 Å². The predicted octanol–water partition coefficient (Wildman–Crippen LogP) is 3.05. The fraction of sp³-hybridized carbons (Fsp3) is 0.316. The molecule has 1 aliphatic rings. The lowest BCUT2D eigenvalue weighted by molar-refractivity contribution is 0.0673. The summed E-state index contributed by atoms with van der Waals surface area (Å²) < 4.78 is 0. The number of piperidine rings is 1. The van der Waals surface area contributed by atoms with Gasteiger partial charge in [0.05, 0.1) is 5.52 Å². The second-order valence-electron chi connectivity index (χ2n) is 6.46. The standard InChI is InChI=1S/C19H20N4O/c24-19(16-5-6-18-15(12-16)4-1-8-20-18)23-10-2-3-14(13-23)11-17-7-9-21-22-17/h1,4-9,12,14H,2-3,10-11,13H2,(H,21,22). The summed E-state index contributed by atoms with van der Waals surface area (Å²) in [5.41, 5.74) is 2.81. The van der Waals surface area contributed by atoms with Crippen LogP contribution in [0.15, 0.2) is 48.8 Å². The van der Waals surface area contributed by atoms with E-state index in [4.69, 9.17) is 0 Å². The Morgan fingerprint density at radius 3 is 3.08 bits per heavy atom. The molecule has 0 radical (unpaired) electrons. The third-order valence-corrected chi connectivity index (χ3v) is 4.72. The van der Waals surface area contributed by atoms with E-state index in [1.54, 1.807) is 12.4 Å². The number of likely N-dealkylation sites (tertiary alicyclic amines) is 1. The summed E-state index contributed by atoms with van der Waals surface area (Å²) in [6.45, 7) is 1.65. The number of pyridine rings is 1. The van der Waals surface area contributed by atoms with E-state index < -0.39 is 0 Å². The molecule has 0 spiro atoms. The van der Waals surface area contributed by atoms with Crippen molar-refractivity contribution >= 4 is 16.8 Å². The fourth-order valence-corrected chi connectivity index (χ4v) is 3.52. The van der Waals surface area contributed by atoms with Gasteiger partial charge in [0.2, 0.25) is 0 Å². The quantitative estimate of drug-likeness (QED) is 0.807. The predicted molar refractivity (Wildman–Crippen MR) is 92.7 cm³/mol. The maximum Gasteiger partial charge on any atom is 0.253 e. The van der Waals surface area contributed by atoms with Crippen LogP contribution in [-0.4, -0.2) is 39.1 Å². The van der Waals surface area contributed by atoms with Crippen molar-refractivity contribution in [3.63, 3.8) is 0 Å². The SMILES string of the molecule is O=C(c1ccc2ncccc2c1)N1CCCC(Cc2ccn[nH]2)C1. The van der Waals surface area contributed by atoms with Gasteiger partial charge in [-0.25, -0.2) is 0 Å². The van der Waals surface area contributed by atoms with Crippen LogP contribution < -0.4 is 0 Å². The molecule has 1 amide bonds. The van der Waals surface area contributed by atoms with Crippen LogP contribution in [0.3, 0.4) is 0 Å². The van der Waals surface area contributed by atoms with Crippen LogP contribution in [0.1, 0.15) is 28.9 Å². The minimum absolute atomic E-state index is 0.120. The van der Waals surface area contributed by atoms with Crippen LogP contribution in [0.4, 0.5) is 0 Å². The smallest absolute Gasteiger partial charge is 0.253 e. The molecule has 3 heterocycles. The Bertz CT molecular complexity index is 843. The molecule has 5 nitrogen and oxygen atoms in total. The molecule has 1 unspecified atom stereocenters. The van der Waals surface area contributed by atoms with Crippen LogP contribution in [-0.2, 0) is 6.42 Å². The first-order valence-electron chi connectivity index (χ1n) is 8.42. The molecule has 3 aromatic rings. The van der Waals surface area contributed by atoms with E-state index in [1.807, 2.05) is 41.3 Å². The van der Waals surface area contributed by atoms with E-state index in [0.717, 1.165) is 54.5 Å². The lowest BCUT2D eigenvalue weighted by Crippen LogP contribution is -2.40. The van der Waals surface area contributed by atoms with Crippen molar-refractivity contribution in [1.29, 1.82) is 0 Å². The molecule has 0 aliphatic carbocycles. The number of aromatic nitrogens is 3. The van der Waals surface area contributed by atoms with Crippen LogP contribution in [0.2, 0.25) is 0 Å². The number of H-pyrrole nitrogens is 1. The minimum atomic E-state index is 0.120. The van der Waals surface area contributed by atoms with Gasteiger partial charge in [-0.1, -0.05) is 6.07 Å². The van der Waals surface area contributed by atoms with E-state index >= 15 is 0 Å². The number of carbonyl (C=O) groups excluding carboxylic acids is 1. The Labute approximate surface area is 140 Å². The summed E-state index contributed by atoms with van der Waals surface area (Å²) in [7, 11) is 0. The second-order valence-corrected chi connectivity index (χ2v) is 6.46. The van der Waals surface area contributed by atoms with Gasteiger partial charge in [0, 0.05) is 42.1 Å². The Morgan fingerprint density at radius 1 is 1.25 bits per heavy atom. The van der Waals surface area contributed by atoms with E-state index in [-0.39, 0.29) is 5.91 Å². The Kier molecular flexibility index (Phi) is 3.99. The molecular weight excluding hydrogens is 300 g/mol. The zero-order valence-electron chi connectivity index (χ0n) is 13.5. The third kappa shape index (κ3) is 3.02. The highest BCUT2D eigenvalue weighted by molar-refractivity contribution is 5.98. The summed E-state index contributed by atoms with van der Waals surface area (Å²) in [4.78, 5) is 19.2. The van der Waals surface area contributed by atoms with Gasteiger partial charge in [-0.05, 0) is 55.5 Å². The molecule has 1 atom stereocenters. The number of hydrogen-bond acceptors (Lipinski definition) is 3. The Hall–Kier alpha value is -2.69. The number of rotatable bonds is 3. The first-order chi connectivity index (χ1) is 11.8. The summed E-state index contributed by atoms with van der Waals surface area (Å²) in [5.74, 6) is 0.611. The minimum Gasteiger partial charge on any atom is -0.338 e. The number of amides is 1. The molecule has 0 saturated carbocycles. The number of hydrogen-bond donors (Lipinski definition) is 1. The molecule has 1 aliphatic heterocycles. The van der Waals surface area contributed by atoms with Crippen molar-refractivity contribution in [1.82, 2.24) is 20.1 Å². The van der Waals surface area contributed by atoms with Gasteiger partial charge >= 0.3 is 0 Å². The third-order valence-electron chi connectivity index (χ3n) is 4.72. The molecule has 0 bridgehead atoms. The Morgan fingerprint density at radius 2 is 2.21 bits per heavy atom. The Balaban J connectivity index is 1.50. The van der Waals surface area contributed by atoms with E-state index in [0.29, 0.717) is 5.92 Å². The van der Waals surface area contributed by atoms with Crippen LogP contribution in [0, 0.1) is 5.92 Å². The summed E-state index contributed by atoms with van der Waals surface area (Å²) in [5, 5.41) is 8.04. The average molecular weight is 320 g/mol. The van der Waals surface area contributed by atoms with Crippen molar-refractivity contribution in [2.75, 3.05) is 13.1 Å². The maximum atomic E-state index is 12.9. The number of nitrogens with zero attached hydrogens (tertiary/aromatic N) is 3. The summed E-state index contributed by atoms with van der Waals surface area (Å²) >= 11 is 0. The first-order valence-corrected chi connectivity index (χ1v) is 8.42. The normalized spacial score (nSPS) is 18.0. The number of benzene rings is 1. The monoisotopic (exact) mass is 320 g/mol. The first kappa shape index (κ1) is 14.9. The molecule has 4 rings (SSSR count). The van der Waals surface area contributed by atoms with E-state index in [9.17, 15) is 4.79 Å². The molecular formula is C19H20N4O. The van der Waals surface area contributed by atoms with Crippen molar-refractivity contribution in [2.24, 2.45) is 5.92 Å². The van der Waals surface area contributed by atoms with Crippen LogP contribution >= 0.6 is 0 Å². The molecule has 1 saturated heterocycles. The molecule has 5 heteroatoms. The van der Waals surface area contributed by atoms with E-state index in [2.05, 4.69) is 15.2 Å². The van der Waals surface area contributed by atoms with Crippen molar-refractivity contribution in [3.8, 4) is 0 Å². The van der Waals surface area contributed by atoms with Crippen molar-refractivity contribution in [3.05, 3.63) is 60.0 Å². The molecule has 1 aromatic carbocycles. The summed E-state index contributed by atoms with van der Waals surface area (Å²) in [6.07, 6.45) is 6.72. The average Bonchev–Trinajstić information content (AvgIpc) is 3.14. The largest absolute Gasteiger partial charge is 0.338 e. The summed E-state index contributed by atoms with van der Waals surface area (Å²) in [6, 6.07) is 11.7. The second kappa shape index (κ2) is 6.43. The highest BCUT2D eigenvalue weighted by atomic mass is 16.2. The van der Waals surface area contributed by atoms with Gasteiger partial charge < -0.3 is 4.90 Å². The molecule has 1 fully saturated rings. The lowest BCUT2D eigenvalue weighted by atomic mass is 9.93. The molecule has 2 aromatic heterocycles. The highest BCUT2D eigenvalue weighted by Crippen LogP contribution is 2.22. The molecule has 122 valence electrons.